The van der Waals surface area contributed by atoms with E-state index in [2.05, 4.69) is 48.0 Å². The zero-order chi connectivity index (χ0) is 13.1. The fourth-order valence-electron chi connectivity index (χ4n) is 2.75. The lowest BCUT2D eigenvalue weighted by Gasteiger charge is -2.31. The van der Waals surface area contributed by atoms with Crippen molar-refractivity contribution >= 4 is 11.3 Å². The summed E-state index contributed by atoms with van der Waals surface area (Å²) in [7, 11) is 0. The van der Waals surface area contributed by atoms with Gasteiger partial charge in [-0.1, -0.05) is 31.2 Å². The van der Waals surface area contributed by atoms with Gasteiger partial charge in [0.25, 0.3) is 0 Å². The normalized spacial score (nSPS) is 19.5. The molecular weight excluding hydrogens is 254 g/mol. The van der Waals surface area contributed by atoms with E-state index < -0.39 is 0 Å². The monoisotopic (exact) mass is 273 g/mol. The Balaban J connectivity index is 1.82. The molecule has 1 aliphatic rings. The zero-order valence-corrected chi connectivity index (χ0v) is 12.0. The Hall–Kier alpha value is -1.32. The van der Waals surface area contributed by atoms with Crippen molar-refractivity contribution in [3.05, 3.63) is 52.2 Å². The van der Waals surface area contributed by atoms with Crippen LogP contribution in [0.15, 0.2) is 41.8 Å². The molecule has 0 fully saturated rings. The first-order chi connectivity index (χ1) is 9.38. The van der Waals surface area contributed by atoms with Crippen molar-refractivity contribution in [3.8, 4) is 5.75 Å². The molecular formula is C16H19NOS. The molecule has 1 aromatic heterocycles. The summed E-state index contributed by atoms with van der Waals surface area (Å²) >= 11 is 1.83. The summed E-state index contributed by atoms with van der Waals surface area (Å²) in [4.78, 5) is 1.41. The lowest BCUT2D eigenvalue weighted by Crippen LogP contribution is -2.34. The van der Waals surface area contributed by atoms with Gasteiger partial charge in [0.2, 0.25) is 0 Å². The molecule has 0 bridgehead atoms. The predicted molar refractivity (Wildman–Crippen MR) is 79.9 cm³/mol. The number of rotatable bonds is 4. The summed E-state index contributed by atoms with van der Waals surface area (Å²) in [6.07, 6.45) is 1.09. The molecule has 2 atom stereocenters. The number of nitrogens with one attached hydrogen (secondary N) is 1. The molecule has 3 heteroatoms. The number of ether oxygens (including phenoxy) is 1. The van der Waals surface area contributed by atoms with E-state index in [0.29, 0.717) is 12.0 Å². The maximum absolute atomic E-state index is 5.93. The van der Waals surface area contributed by atoms with Gasteiger partial charge in [-0.25, -0.2) is 0 Å². The van der Waals surface area contributed by atoms with Crippen molar-refractivity contribution in [1.29, 1.82) is 0 Å². The van der Waals surface area contributed by atoms with Crippen molar-refractivity contribution in [2.45, 2.75) is 19.4 Å². The molecule has 0 saturated heterocycles. The fraction of sp³-hybridized carbons (Fsp3) is 0.375. The van der Waals surface area contributed by atoms with Gasteiger partial charge in [-0.2, -0.15) is 0 Å². The first-order valence-corrected chi connectivity index (χ1v) is 7.74. The van der Waals surface area contributed by atoms with Crippen LogP contribution in [-0.4, -0.2) is 13.2 Å². The van der Waals surface area contributed by atoms with Gasteiger partial charge in [-0.3, -0.25) is 0 Å². The second-order valence-corrected chi connectivity index (χ2v) is 5.91. The molecule has 0 radical (unpaired) electrons. The Morgan fingerprint density at radius 1 is 1.32 bits per heavy atom. The molecule has 1 aromatic carbocycles. The first kappa shape index (κ1) is 12.7. The van der Waals surface area contributed by atoms with Gasteiger partial charge >= 0.3 is 0 Å². The van der Waals surface area contributed by atoms with Crippen LogP contribution in [0.2, 0.25) is 0 Å². The van der Waals surface area contributed by atoms with Gasteiger partial charge in [0, 0.05) is 16.8 Å². The number of para-hydroxylation sites is 1. The average molecular weight is 273 g/mol. The SMILES string of the molecule is CCNC(c1cccs1)C1COc2ccccc2C1. The van der Waals surface area contributed by atoms with Crippen LogP contribution in [0, 0.1) is 5.92 Å². The Morgan fingerprint density at radius 3 is 3.00 bits per heavy atom. The summed E-state index contributed by atoms with van der Waals surface area (Å²) in [6, 6.07) is 13.1. The molecule has 0 amide bonds. The van der Waals surface area contributed by atoms with Crippen molar-refractivity contribution < 1.29 is 4.74 Å². The van der Waals surface area contributed by atoms with Crippen molar-refractivity contribution in [1.82, 2.24) is 5.32 Å². The van der Waals surface area contributed by atoms with Crippen LogP contribution in [0.25, 0.3) is 0 Å². The molecule has 2 nitrogen and oxygen atoms in total. The second kappa shape index (κ2) is 5.76. The van der Waals surface area contributed by atoms with Crippen molar-refractivity contribution in [3.63, 3.8) is 0 Å². The van der Waals surface area contributed by atoms with Gasteiger partial charge in [0.1, 0.15) is 5.75 Å². The maximum Gasteiger partial charge on any atom is 0.122 e. The van der Waals surface area contributed by atoms with Gasteiger partial charge < -0.3 is 10.1 Å². The fourth-order valence-corrected chi connectivity index (χ4v) is 3.65. The molecule has 100 valence electrons. The van der Waals surface area contributed by atoms with Gasteiger partial charge in [-0.05, 0) is 36.0 Å². The topological polar surface area (TPSA) is 21.3 Å². The molecule has 2 heterocycles. The third-order valence-corrected chi connectivity index (χ3v) is 4.61. The molecule has 3 rings (SSSR count). The molecule has 2 unspecified atom stereocenters. The number of hydrogen-bond acceptors (Lipinski definition) is 3. The van der Waals surface area contributed by atoms with Crippen LogP contribution in [0.4, 0.5) is 0 Å². The number of fused-ring (bicyclic) bond motifs is 1. The molecule has 0 spiro atoms. The Labute approximate surface area is 118 Å². The van der Waals surface area contributed by atoms with E-state index in [9.17, 15) is 0 Å². The second-order valence-electron chi connectivity index (χ2n) is 4.93. The molecule has 0 saturated carbocycles. The van der Waals surface area contributed by atoms with Gasteiger partial charge in [0.05, 0.1) is 6.61 Å². The number of hydrogen-bond donors (Lipinski definition) is 1. The lowest BCUT2D eigenvalue weighted by atomic mass is 9.89. The van der Waals surface area contributed by atoms with E-state index in [0.717, 1.165) is 25.3 Å². The molecule has 2 aromatic rings. The largest absolute Gasteiger partial charge is 0.493 e. The maximum atomic E-state index is 5.93. The third-order valence-electron chi connectivity index (χ3n) is 3.65. The summed E-state index contributed by atoms with van der Waals surface area (Å²) in [5.74, 6) is 1.56. The standard InChI is InChI=1S/C16H19NOS/c1-2-17-16(15-8-5-9-19-15)13-10-12-6-3-4-7-14(12)18-11-13/h3-9,13,16-17H,2,10-11H2,1H3. The highest BCUT2D eigenvalue weighted by Crippen LogP contribution is 2.34. The lowest BCUT2D eigenvalue weighted by molar-refractivity contribution is 0.187. The van der Waals surface area contributed by atoms with Crippen LogP contribution in [0.3, 0.4) is 0 Å². The van der Waals surface area contributed by atoms with Crippen LogP contribution in [0.5, 0.6) is 5.75 Å². The summed E-state index contributed by atoms with van der Waals surface area (Å²) in [6.45, 7) is 3.95. The van der Waals surface area contributed by atoms with Crippen LogP contribution in [-0.2, 0) is 6.42 Å². The average Bonchev–Trinajstić information content (AvgIpc) is 2.98. The van der Waals surface area contributed by atoms with E-state index in [1.807, 2.05) is 17.4 Å². The minimum Gasteiger partial charge on any atom is -0.493 e. The number of benzene rings is 1. The van der Waals surface area contributed by atoms with Crippen molar-refractivity contribution in [2.24, 2.45) is 5.92 Å². The van der Waals surface area contributed by atoms with Gasteiger partial charge in [-0.15, -0.1) is 11.3 Å². The van der Waals surface area contributed by atoms with E-state index in [1.54, 1.807) is 0 Å². The third kappa shape index (κ3) is 2.67. The van der Waals surface area contributed by atoms with E-state index in [1.165, 1.54) is 10.4 Å². The van der Waals surface area contributed by atoms with Crippen LogP contribution >= 0.6 is 11.3 Å². The highest BCUT2D eigenvalue weighted by molar-refractivity contribution is 7.10. The summed E-state index contributed by atoms with van der Waals surface area (Å²) < 4.78 is 5.93. The van der Waals surface area contributed by atoms with Crippen LogP contribution < -0.4 is 10.1 Å². The molecule has 0 aliphatic carbocycles. The minimum atomic E-state index is 0.401. The zero-order valence-electron chi connectivity index (χ0n) is 11.1. The van der Waals surface area contributed by atoms with Crippen molar-refractivity contribution in [2.75, 3.05) is 13.2 Å². The van der Waals surface area contributed by atoms with Crippen LogP contribution in [0.1, 0.15) is 23.4 Å². The van der Waals surface area contributed by atoms with E-state index in [4.69, 9.17) is 4.74 Å². The van der Waals surface area contributed by atoms with E-state index >= 15 is 0 Å². The Morgan fingerprint density at radius 2 is 2.21 bits per heavy atom. The quantitative estimate of drug-likeness (QED) is 0.918. The molecule has 1 N–H and O–H groups in total. The highest BCUT2D eigenvalue weighted by Gasteiger charge is 2.28. The molecule has 1 aliphatic heterocycles. The van der Waals surface area contributed by atoms with E-state index in [-0.39, 0.29) is 0 Å². The summed E-state index contributed by atoms with van der Waals surface area (Å²) in [5, 5.41) is 5.77. The number of thiophene rings is 1. The molecule has 19 heavy (non-hydrogen) atoms. The predicted octanol–water partition coefficient (Wildman–Crippen LogP) is 3.65. The summed E-state index contributed by atoms with van der Waals surface area (Å²) in [5.41, 5.74) is 1.33. The van der Waals surface area contributed by atoms with Gasteiger partial charge in [0.15, 0.2) is 0 Å². The minimum absolute atomic E-state index is 0.401. The highest BCUT2D eigenvalue weighted by atomic mass is 32.1. The Bertz CT molecular complexity index is 523. The Kier molecular flexibility index (Phi) is 3.85. The first-order valence-electron chi connectivity index (χ1n) is 6.86. The smallest absolute Gasteiger partial charge is 0.122 e.